The van der Waals surface area contributed by atoms with Crippen LogP contribution in [-0.4, -0.2) is 12.6 Å². The van der Waals surface area contributed by atoms with Crippen LogP contribution in [0.15, 0.2) is 18.7 Å². The van der Waals surface area contributed by atoms with Gasteiger partial charge >= 0.3 is 5.97 Å². The third kappa shape index (κ3) is 4.12. The summed E-state index contributed by atoms with van der Waals surface area (Å²) in [5.41, 5.74) is 10.9. The van der Waals surface area contributed by atoms with Crippen LogP contribution in [0.2, 0.25) is 0 Å². The summed E-state index contributed by atoms with van der Waals surface area (Å²) in [5, 5.41) is 0. The summed E-state index contributed by atoms with van der Waals surface area (Å²) in [5.74, 6) is -0.142. The summed E-state index contributed by atoms with van der Waals surface area (Å²) >= 11 is 0. The first-order chi connectivity index (χ1) is 8.99. The number of esters is 1. The van der Waals surface area contributed by atoms with Gasteiger partial charge in [-0.3, -0.25) is 4.79 Å². The van der Waals surface area contributed by atoms with E-state index in [0.29, 0.717) is 25.1 Å². The number of aryl methyl sites for hydroxylation is 2. The van der Waals surface area contributed by atoms with E-state index in [1.54, 1.807) is 0 Å². The van der Waals surface area contributed by atoms with Gasteiger partial charge in [0.1, 0.15) is 0 Å². The Balaban J connectivity index is 2.94. The van der Waals surface area contributed by atoms with Crippen molar-refractivity contribution in [3.8, 4) is 0 Å². The summed E-state index contributed by atoms with van der Waals surface area (Å²) in [6.45, 7) is 10.2. The van der Waals surface area contributed by atoms with E-state index < -0.39 is 0 Å². The first-order valence-corrected chi connectivity index (χ1v) is 6.72. The van der Waals surface area contributed by atoms with Crippen molar-refractivity contribution in [1.82, 2.24) is 0 Å². The standard InChI is InChI=1S/C16H23NO2/c1-5-13-10-14(12(4)17)9-11(3)15(13)7-8-16(18)19-6-2/h9-10H,4-8,17H2,1-3H3. The molecule has 3 nitrogen and oxygen atoms in total. The van der Waals surface area contributed by atoms with Crippen LogP contribution in [-0.2, 0) is 22.4 Å². The second kappa shape index (κ2) is 6.98. The van der Waals surface area contributed by atoms with Gasteiger partial charge in [0, 0.05) is 12.1 Å². The molecule has 0 atom stereocenters. The highest BCUT2D eigenvalue weighted by molar-refractivity contribution is 5.70. The molecule has 0 aliphatic carbocycles. The maximum Gasteiger partial charge on any atom is 0.306 e. The summed E-state index contributed by atoms with van der Waals surface area (Å²) in [4.78, 5) is 11.4. The minimum Gasteiger partial charge on any atom is -0.466 e. The third-order valence-electron chi connectivity index (χ3n) is 3.20. The van der Waals surface area contributed by atoms with Crippen LogP contribution in [0.3, 0.4) is 0 Å². The van der Waals surface area contributed by atoms with Gasteiger partial charge in [0.15, 0.2) is 0 Å². The maximum absolute atomic E-state index is 11.4. The normalized spacial score (nSPS) is 10.3. The number of ether oxygens (including phenoxy) is 1. The number of carbonyl (C=O) groups excluding carboxylic acids is 1. The predicted molar refractivity (Wildman–Crippen MR) is 78.7 cm³/mol. The number of rotatable bonds is 6. The van der Waals surface area contributed by atoms with Crippen molar-refractivity contribution in [3.63, 3.8) is 0 Å². The molecule has 0 unspecified atom stereocenters. The highest BCUT2D eigenvalue weighted by Gasteiger charge is 2.10. The fourth-order valence-corrected chi connectivity index (χ4v) is 2.21. The molecule has 19 heavy (non-hydrogen) atoms. The quantitative estimate of drug-likeness (QED) is 0.801. The van der Waals surface area contributed by atoms with Crippen LogP contribution >= 0.6 is 0 Å². The van der Waals surface area contributed by atoms with Gasteiger partial charge in [0.05, 0.1) is 6.61 Å². The molecule has 0 aromatic heterocycles. The van der Waals surface area contributed by atoms with Gasteiger partial charge in [-0.25, -0.2) is 0 Å². The van der Waals surface area contributed by atoms with Crippen LogP contribution in [0.5, 0.6) is 0 Å². The predicted octanol–water partition coefficient (Wildman–Crippen LogP) is 2.98. The smallest absolute Gasteiger partial charge is 0.306 e. The Morgan fingerprint density at radius 2 is 2.05 bits per heavy atom. The highest BCUT2D eigenvalue weighted by Crippen LogP contribution is 2.22. The average molecular weight is 261 g/mol. The fraction of sp³-hybridized carbons (Fsp3) is 0.438. The van der Waals surface area contributed by atoms with Crippen LogP contribution in [0.1, 0.15) is 42.5 Å². The van der Waals surface area contributed by atoms with Gasteiger partial charge < -0.3 is 10.5 Å². The molecule has 0 saturated heterocycles. The number of hydrogen-bond donors (Lipinski definition) is 1. The molecule has 0 saturated carbocycles. The maximum atomic E-state index is 11.4. The zero-order valence-electron chi connectivity index (χ0n) is 12.1. The van der Waals surface area contributed by atoms with Crippen molar-refractivity contribution in [2.24, 2.45) is 5.73 Å². The van der Waals surface area contributed by atoms with Gasteiger partial charge in [0.25, 0.3) is 0 Å². The molecule has 0 spiro atoms. The number of nitrogens with two attached hydrogens (primary N) is 1. The third-order valence-corrected chi connectivity index (χ3v) is 3.20. The van der Waals surface area contributed by atoms with E-state index in [4.69, 9.17) is 10.5 Å². The van der Waals surface area contributed by atoms with Gasteiger partial charge in [-0.1, -0.05) is 13.5 Å². The van der Waals surface area contributed by atoms with Crippen molar-refractivity contribution < 1.29 is 9.53 Å². The van der Waals surface area contributed by atoms with Crippen molar-refractivity contribution in [1.29, 1.82) is 0 Å². The Kier molecular flexibility index (Phi) is 5.61. The molecule has 1 aromatic carbocycles. The highest BCUT2D eigenvalue weighted by atomic mass is 16.5. The Morgan fingerprint density at radius 1 is 1.37 bits per heavy atom. The Hall–Kier alpha value is -1.77. The fourth-order valence-electron chi connectivity index (χ4n) is 2.21. The number of benzene rings is 1. The second-order valence-electron chi connectivity index (χ2n) is 4.61. The van der Waals surface area contributed by atoms with E-state index in [0.717, 1.165) is 17.5 Å². The van der Waals surface area contributed by atoms with Crippen LogP contribution in [0.25, 0.3) is 5.70 Å². The van der Waals surface area contributed by atoms with Crippen LogP contribution in [0, 0.1) is 6.92 Å². The molecule has 0 heterocycles. The zero-order valence-corrected chi connectivity index (χ0v) is 12.1. The summed E-state index contributed by atoms with van der Waals surface area (Å²) in [6.07, 6.45) is 2.05. The van der Waals surface area contributed by atoms with Crippen molar-refractivity contribution >= 4 is 11.7 Å². The average Bonchev–Trinajstić information content (AvgIpc) is 2.36. The lowest BCUT2D eigenvalue weighted by Gasteiger charge is -2.14. The summed E-state index contributed by atoms with van der Waals surface area (Å²) in [6, 6.07) is 4.10. The molecule has 0 aliphatic heterocycles. The molecular weight excluding hydrogens is 238 g/mol. The molecular formula is C16H23NO2. The molecule has 0 aliphatic rings. The topological polar surface area (TPSA) is 52.3 Å². The number of carbonyl (C=O) groups is 1. The van der Waals surface area contributed by atoms with Crippen LogP contribution in [0.4, 0.5) is 0 Å². The lowest BCUT2D eigenvalue weighted by atomic mass is 9.93. The first-order valence-electron chi connectivity index (χ1n) is 6.72. The Morgan fingerprint density at radius 3 is 2.58 bits per heavy atom. The van der Waals surface area contributed by atoms with Crippen molar-refractivity contribution in [2.45, 2.75) is 40.0 Å². The molecule has 104 valence electrons. The second-order valence-corrected chi connectivity index (χ2v) is 4.61. The largest absolute Gasteiger partial charge is 0.466 e. The van der Waals surface area contributed by atoms with E-state index in [2.05, 4.69) is 19.6 Å². The van der Waals surface area contributed by atoms with E-state index in [9.17, 15) is 4.79 Å². The van der Waals surface area contributed by atoms with Gasteiger partial charge in [0.2, 0.25) is 0 Å². The van der Waals surface area contributed by atoms with Gasteiger partial charge in [-0.15, -0.1) is 0 Å². The van der Waals surface area contributed by atoms with Crippen molar-refractivity contribution in [2.75, 3.05) is 6.61 Å². The minimum atomic E-state index is -0.142. The monoisotopic (exact) mass is 261 g/mol. The number of hydrogen-bond acceptors (Lipinski definition) is 3. The Labute approximate surface area is 115 Å². The lowest BCUT2D eigenvalue weighted by molar-refractivity contribution is -0.143. The molecule has 1 aromatic rings. The van der Waals surface area contributed by atoms with Gasteiger partial charge in [-0.2, -0.15) is 0 Å². The SMILES string of the molecule is C=C(N)c1cc(C)c(CCC(=O)OCC)c(CC)c1. The molecule has 2 N–H and O–H groups in total. The lowest BCUT2D eigenvalue weighted by Crippen LogP contribution is -2.08. The molecule has 0 bridgehead atoms. The summed E-state index contributed by atoms with van der Waals surface area (Å²) in [7, 11) is 0. The van der Waals surface area contributed by atoms with Crippen LogP contribution < -0.4 is 5.73 Å². The van der Waals surface area contributed by atoms with E-state index >= 15 is 0 Å². The first kappa shape index (κ1) is 15.3. The van der Waals surface area contributed by atoms with E-state index in [-0.39, 0.29) is 5.97 Å². The molecule has 0 amide bonds. The van der Waals surface area contributed by atoms with E-state index in [1.165, 1.54) is 11.1 Å². The summed E-state index contributed by atoms with van der Waals surface area (Å²) < 4.78 is 4.97. The molecule has 3 heteroatoms. The zero-order chi connectivity index (χ0) is 14.4. The Bertz CT molecular complexity index is 478. The van der Waals surface area contributed by atoms with Gasteiger partial charge in [-0.05, 0) is 61.1 Å². The van der Waals surface area contributed by atoms with E-state index in [1.807, 2.05) is 19.9 Å². The van der Waals surface area contributed by atoms with Crippen molar-refractivity contribution in [3.05, 3.63) is 41.0 Å². The molecule has 1 rings (SSSR count). The molecule has 0 radical (unpaired) electrons. The minimum absolute atomic E-state index is 0.142. The molecule has 0 fully saturated rings.